The molecule has 0 unspecified atom stereocenters. The van der Waals surface area contributed by atoms with Gasteiger partial charge >= 0.3 is 5.97 Å². The second-order valence-electron chi connectivity index (χ2n) is 5.30. The molecule has 0 heterocycles. The number of benzene rings is 1. The van der Waals surface area contributed by atoms with Crippen molar-refractivity contribution in [2.24, 2.45) is 0 Å². The molecule has 1 atom stereocenters. The Labute approximate surface area is 136 Å². The summed E-state index contributed by atoms with van der Waals surface area (Å²) in [4.78, 5) is 23.4. The molecule has 23 heavy (non-hydrogen) atoms. The first-order chi connectivity index (χ1) is 10.9. The standard InChI is InChI=1S/C17H22N2O4/c1-5-9-22-17(4,6-2)16(21)19-14-7-8-15(23-12(3)20)13(10-14)11-18/h7-8,10H,5-6,9H2,1-4H3,(H,19,21)/t17-/m0/s1. The summed E-state index contributed by atoms with van der Waals surface area (Å²) in [5.41, 5.74) is -0.315. The number of hydrogen-bond acceptors (Lipinski definition) is 5. The van der Waals surface area contributed by atoms with Gasteiger partial charge in [-0.2, -0.15) is 5.26 Å². The largest absolute Gasteiger partial charge is 0.425 e. The van der Waals surface area contributed by atoms with E-state index in [9.17, 15) is 9.59 Å². The maximum Gasteiger partial charge on any atom is 0.308 e. The molecule has 0 saturated heterocycles. The molecule has 0 radical (unpaired) electrons. The fraction of sp³-hybridized carbons (Fsp3) is 0.471. The van der Waals surface area contributed by atoms with Crippen molar-refractivity contribution in [1.29, 1.82) is 5.26 Å². The molecule has 0 aliphatic heterocycles. The third-order valence-electron chi connectivity index (χ3n) is 3.39. The van der Waals surface area contributed by atoms with Gasteiger partial charge in [0.2, 0.25) is 0 Å². The zero-order chi connectivity index (χ0) is 17.5. The Kier molecular flexibility index (Phi) is 6.73. The molecule has 0 aliphatic carbocycles. The zero-order valence-corrected chi connectivity index (χ0v) is 13.9. The van der Waals surface area contributed by atoms with Crippen LogP contribution in [0.2, 0.25) is 0 Å². The van der Waals surface area contributed by atoms with Gasteiger partial charge in [0.25, 0.3) is 5.91 Å². The van der Waals surface area contributed by atoms with Crippen molar-refractivity contribution in [1.82, 2.24) is 0 Å². The first-order valence-electron chi connectivity index (χ1n) is 7.54. The van der Waals surface area contributed by atoms with Crippen LogP contribution in [0.1, 0.15) is 46.1 Å². The van der Waals surface area contributed by atoms with E-state index in [1.807, 2.05) is 19.9 Å². The fourth-order valence-corrected chi connectivity index (χ4v) is 1.86. The minimum atomic E-state index is -0.933. The molecule has 0 spiro atoms. The predicted molar refractivity (Wildman–Crippen MR) is 86.0 cm³/mol. The van der Waals surface area contributed by atoms with Crippen molar-refractivity contribution in [3.63, 3.8) is 0 Å². The van der Waals surface area contributed by atoms with Crippen LogP contribution in [0.3, 0.4) is 0 Å². The van der Waals surface area contributed by atoms with Crippen LogP contribution in [-0.2, 0) is 14.3 Å². The molecule has 1 N–H and O–H groups in total. The average molecular weight is 318 g/mol. The average Bonchev–Trinajstić information content (AvgIpc) is 2.53. The van der Waals surface area contributed by atoms with Gasteiger partial charge in [0.15, 0.2) is 0 Å². The highest BCUT2D eigenvalue weighted by molar-refractivity contribution is 5.97. The number of hydrogen-bond donors (Lipinski definition) is 1. The second kappa shape index (κ2) is 8.30. The summed E-state index contributed by atoms with van der Waals surface area (Å²) in [5, 5.41) is 11.9. The Bertz CT molecular complexity index is 622. The number of nitrogens with one attached hydrogen (secondary N) is 1. The molecule has 0 aromatic heterocycles. The second-order valence-corrected chi connectivity index (χ2v) is 5.30. The quantitative estimate of drug-likeness (QED) is 0.616. The van der Waals surface area contributed by atoms with Gasteiger partial charge in [0, 0.05) is 19.2 Å². The van der Waals surface area contributed by atoms with E-state index in [1.165, 1.54) is 19.1 Å². The summed E-state index contributed by atoms with van der Waals surface area (Å²) in [7, 11) is 0. The van der Waals surface area contributed by atoms with Crippen LogP contribution in [-0.4, -0.2) is 24.1 Å². The maximum atomic E-state index is 12.4. The minimum absolute atomic E-state index is 0.165. The third-order valence-corrected chi connectivity index (χ3v) is 3.39. The molecule has 0 saturated carbocycles. The molecule has 6 heteroatoms. The van der Waals surface area contributed by atoms with Gasteiger partial charge < -0.3 is 14.8 Å². The maximum absolute atomic E-state index is 12.4. The Morgan fingerprint density at radius 1 is 1.35 bits per heavy atom. The van der Waals surface area contributed by atoms with E-state index < -0.39 is 11.6 Å². The monoisotopic (exact) mass is 318 g/mol. The van der Waals surface area contributed by atoms with Gasteiger partial charge in [-0.3, -0.25) is 9.59 Å². The van der Waals surface area contributed by atoms with Gasteiger partial charge in [0.1, 0.15) is 17.4 Å². The minimum Gasteiger partial charge on any atom is -0.425 e. The van der Waals surface area contributed by atoms with Gasteiger partial charge in [-0.25, -0.2) is 0 Å². The van der Waals surface area contributed by atoms with Crippen LogP contribution in [0.15, 0.2) is 18.2 Å². The highest BCUT2D eigenvalue weighted by Gasteiger charge is 2.32. The van der Waals surface area contributed by atoms with E-state index in [1.54, 1.807) is 13.0 Å². The summed E-state index contributed by atoms with van der Waals surface area (Å²) in [6.45, 7) is 7.33. The Morgan fingerprint density at radius 3 is 2.57 bits per heavy atom. The molecule has 1 aromatic carbocycles. The van der Waals surface area contributed by atoms with Crippen molar-refractivity contribution in [2.75, 3.05) is 11.9 Å². The first-order valence-corrected chi connectivity index (χ1v) is 7.54. The van der Waals surface area contributed by atoms with Crippen molar-refractivity contribution in [3.8, 4) is 11.8 Å². The van der Waals surface area contributed by atoms with Crippen LogP contribution in [0.4, 0.5) is 5.69 Å². The number of nitrogens with zero attached hydrogens (tertiary/aromatic N) is 1. The normalized spacial score (nSPS) is 12.8. The highest BCUT2D eigenvalue weighted by atomic mass is 16.5. The van der Waals surface area contributed by atoms with E-state index in [0.717, 1.165) is 6.42 Å². The molecular formula is C17H22N2O4. The van der Waals surface area contributed by atoms with Crippen LogP contribution >= 0.6 is 0 Å². The molecule has 1 rings (SSSR count). The zero-order valence-electron chi connectivity index (χ0n) is 13.9. The fourth-order valence-electron chi connectivity index (χ4n) is 1.86. The molecule has 0 fully saturated rings. The van der Waals surface area contributed by atoms with E-state index >= 15 is 0 Å². The molecule has 0 aliphatic rings. The summed E-state index contributed by atoms with van der Waals surface area (Å²) >= 11 is 0. The van der Waals surface area contributed by atoms with Gasteiger partial charge in [-0.15, -0.1) is 0 Å². The lowest BCUT2D eigenvalue weighted by Crippen LogP contribution is -2.42. The number of amides is 1. The Hall–Kier alpha value is -2.39. The molecule has 0 bridgehead atoms. The number of anilines is 1. The summed E-state index contributed by atoms with van der Waals surface area (Å²) in [5.74, 6) is -0.624. The van der Waals surface area contributed by atoms with E-state index in [0.29, 0.717) is 18.7 Å². The van der Waals surface area contributed by atoms with Gasteiger partial charge in [0.05, 0.1) is 5.56 Å². The van der Waals surface area contributed by atoms with Crippen LogP contribution < -0.4 is 10.1 Å². The smallest absolute Gasteiger partial charge is 0.308 e. The number of carbonyl (C=O) groups excluding carboxylic acids is 2. The molecule has 1 amide bonds. The summed E-state index contributed by atoms with van der Waals surface area (Å²) in [6, 6.07) is 6.46. The SMILES string of the molecule is CCCO[C@@](C)(CC)C(=O)Nc1ccc(OC(C)=O)c(C#N)c1. The molecule has 6 nitrogen and oxygen atoms in total. The number of esters is 1. The van der Waals surface area contributed by atoms with E-state index in [-0.39, 0.29) is 17.2 Å². The Balaban J connectivity index is 2.94. The van der Waals surface area contributed by atoms with E-state index in [2.05, 4.69) is 5.32 Å². The lowest BCUT2D eigenvalue weighted by atomic mass is 10.0. The lowest BCUT2D eigenvalue weighted by molar-refractivity contribution is -0.139. The predicted octanol–water partition coefficient (Wildman–Crippen LogP) is 3.02. The number of ether oxygens (including phenoxy) is 2. The van der Waals surface area contributed by atoms with Crippen LogP contribution in [0.5, 0.6) is 5.75 Å². The number of nitriles is 1. The van der Waals surface area contributed by atoms with Crippen molar-refractivity contribution in [3.05, 3.63) is 23.8 Å². The Morgan fingerprint density at radius 2 is 2.04 bits per heavy atom. The van der Waals surface area contributed by atoms with E-state index in [4.69, 9.17) is 14.7 Å². The highest BCUT2D eigenvalue weighted by Crippen LogP contribution is 2.24. The number of carbonyl (C=O) groups is 2. The van der Waals surface area contributed by atoms with Crippen molar-refractivity contribution >= 4 is 17.6 Å². The lowest BCUT2D eigenvalue weighted by Gasteiger charge is -2.27. The topological polar surface area (TPSA) is 88.4 Å². The summed E-state index contributed by atoms with van der Waals surface area (Å²) in [6.07, 6.45) is 1.34. The van der Waals surface area contributed by atoms with Crippen LogP contribution in [0.25, 0.3) is 0 Å². The van der Waals surface area contributed by atoms with Crippen molar-refractivity contribution < 1.29 is 19.1 Å². The summed E-state index contributed by atoms with van der Waals surface area (Å²) < 4.78 is 10.6. The third kappa shape index (κ3) is 5.08. The first kappa shape index (κ1) is 18.7. The number of rotatable bonds is 7. The van der Waals surface area contributed by atoms with Crippen molar-refractivity contribution in [2.45, 2.75) is 46.1 Å². The molecule has 1 aromatic rings. The van der Waals surface area contributed by atoms with Gasteiger partial charge in [-0.05, 0) is 38.0 Å². The van der Waals surface area contributed by atoms with Crippen LogP contribution in [0, 0.1) is 11.3 Å². The molecule has 124 valence electrons. The van der Waals surface area contributed by atoms with Gasteiger partial charge in [-0.1, -0.05) is 13.8 Å². The molecular weight excluding hydrogens is 296 g/mol.